The number of sulfone groups is 1. The smallest absolute Gasteiger partial charge is 0.240 e. The number of rotatable bonds is 4. The largest absolute Gasteiger partial charge is 0.323 e. The summed E-state index contributed by atoms with van der Waals surface area (Å²) in [4.78, 5) is 12.4. The molecule has 6 nitrogen and oxygen atoms in total. The number of hydrogen-bond donors (Lipinski definition) is 1. The van der Waals surface area contributed by atoms with E-state index in [1.165, 1.54) is 6.07 Å². The van der Waals surface area contributed by atoms with E-state index in [-0.39, 0.29) is 4.90 Å². The average molecular weight is 383 g/mol. The summed E-state index contributed by atoms with van der Waals surface area (Å²) in [5.74, 6) is -1.25. The third kappa shape index (κ3) is 3.16. The fourth-order valence-electron chi connectivity index (χ4n) is 2.71. The monoisotopic (exact) mass is 383 g/mol. The van der Waals surface area contributed by atoms with Crippen LogP contribution < -0.4 is 5.32 Å². The van der Waals surface area contributed by atoms with E-state index in [0.29, 0.717) is 16.7 Å². The van der Waals surface area contributed by atoms with Gasteiger partial charge in [-0.05, 0) is 35.0 Å². The zero-order chi connectivity index (χ0) is 18.1. The second-order valence-corrected chi connectivity index (χ2v) is 8.27. The first-order valence-corrected chi connectivity index (χ1v) is 10.1. The van der Waals surface area contributed by atoms with Crippen molar-refractivity contribution >= 4 is 55.0 Å². The molecule has 1 N–H and O–H groups in total. The lowest BCUT2D eigenvalue weighted by Crippen LogP contribution is -2.23. The molecule has 0 radical (unpaired) electrons. The Balaban J connectivity index is 1.58. The first-order valence-electron chi connectivity index (χ1n) is 7.76. The minimum absolute atomic E-state index is 0.125. The molecule has 0 aliphatic heterocycles. The molecule has 1 amide bonds. The quantitative estimate of drug-likeness (QED) is 0.584. The number of benzene rings is 3. The van der Waals surface area contributed by atoms with E-state index in [1.807, 2.05) is 24.3 Å². The van der Waals surface area contributed by atoms with Crippen molar-refractivity contribution in [1.29, 1.82) is 0 Å². The van der Waals surface area contributed by atoms with Gasteiger partial charge in [0.1, 0.15) is 16.8 Å². The number of amides is 1. The number of anilines is 1. The van der Waals surface area contributed by atoms with Gasteiger partial charge in [-0.2, -0.15) is 8.75 Å². The first-order chi connectivity index (χ1) is 12.5. The average Bonchev–Trinajstić information content (AvgIpc) is 3.10. The third-order valence-corrected chi connectivity index (χ3v) is 6.12. The Bertz CT molecular complexity index is 1230. The van der Waals surface area contributed by atoms with Gasteiger partial charge in [0.2, 0.25) is 5.91 Å². The molecular formula is C18H13N3O3S2. The highest BCUT2D eigenvalue weighted by molar-refractivity contribution is 7.92. The van der Waals surface area contributed by atoms with Crippen molar-refractivity contribution in [2.45, 2.75) is 4.90 Å². The van der Waals surface area contributed by atoms with Gasteiger partial charge in [0.15, 0.2) is 9.84 Å². The van der Waals surface area contributed by atoms with Crippen LogP contribution in [0.25, 0.3) is 21.8 Å². The maximum atomic E-state index is 12.6. The number of carbonyl (C=O) groups excluding carboxylic acids is 1. The van der Waals surface area contributed by atoms with E-state index in [1.54, 1.807) is 30.3 Å². The lowest BCUT2D eigenvalue weighted by Gasteiger charge is -2.08. The van der Waals surface area contributed by atoms with Gasteiger partial charge in [0, 0.05) is 0 Å². The van der Waals surface area contributed by atoms with Gasteiger partial charge >= 0.3 is 0 Å². The van der Waals surface area contributed by atoms with Crippen LogP contribution in [0.5, 0.6) is 0 Å². The zero-order valence-electron chi connectivity index (χ0n) is 13.4. The third-order valence-electron chi connectivity index (χ3n) is 3.96. The Morgan fingerprint density at radius 1 is 0.962 bits per heavy atom. The second kappa shape index (κ2) is 6.47. The van der Waals surface area contributed by atoms with Crippen LogP contribution in [0.15, 0.2) is 65.6 Å². The molecule has 0 aliphatic rings. The molecule has 4 rings (SSSR count). The molecule has 130 valence electrons. The van der Waals surface area contributed by atoms with Gasteiger partial charge in [-0.3, -0.25) is 4.79 Å². The van der Waals surface area contributed by atoms with Crippen molar-refractivity contribution in [1.82, 2.24) is 8.75 Å². The van der Waals surface area contributed by atoms with Gasteiger partial charge in [-0.15, -0.1) is 0 Å². The summed E-state index contributed by atoms with van der Waals surface area (Å²) in [6, 6.07) is 17.5. The number of nitrogens with zero attached hydrogens (tertiary/aromatic N) is 2. The van der Waals surface area contributed by atoms with E-state index in [9.17, 15) is 13.2 Å². The molecule has 0 fully saturated rings. The Morgan fingerprint density at radius 2 is 1.77 bits per heavy atom. The first kappa shape index (κ1) is 16.6. The van der Waals surface area contributed by atoms with E-state index in [4.69, 9.17) is 0 Å². The van der Waals surface area contributed by atoms with Crippen LogP contribution >= 0.6 is 11.7 Å². The van der Waals surface area contributed by atoms with Crippen molar-refractivity contribution < 1.29 is 13.2 Å². The van der Waals surface area contributed by atoms with Gasteiger partial charge in [-0.25, -0.2) is 8.42 Å². The fourth-order valence-corrected chi connectivity index (χ4v) is 4.43. The number of fused-ring (bicyclic) bond motifs is 2. The zero-order valence-corrected chi connectivity index (χ0v) is 15.0. The minimum Gasteiger partial charge on any atom is -0.323 e. The Labute approximate surface area is 153 Å². The number of hydrogen-bond acceptors (Lipinski definition) is 6. The van der Waals surface area contributed by atoms with Crippen LogP contribution in [-0.2, 0) is 14.6 Å². The van der Waals surface area contributed by atoms with Crippen LogP contribution in [0.1, 0.15) is 0 Å². The molecule has 0 unspecified atom stereocenters. The molecule has 0 bridgehead atoms. The Kier molecular flexibility index (Phi) is 4.14. The SMILES string of the molecule is O=C(CS(=O)(=O)c1ccc2ccccc2c1)Nc1cccc2nsnc12. The molecule has 1 heterocycles. The van der Waals surface area contributed by atoms with Gasteiger partial charge in [0.25, 0.3) is 0 Å². The summed E-state index contributed by atoms with van der Waals surface area (Å²) in [5.41, 5.74) is 1.66. The lowest BCUT2D eigenvalue weighted by molar-refractivity contribution is -0.113. The summed E-state index contributed by atoms with van der Waals surface area (Å²) in [6.45, 7) is 0. The minimum atomic E-state index is -3.76. The number of nitrogens with one attached hydrogen (secondary N) is 1. The summed E-state index contributed by atoms with van der Waals surface area (Å²) >= 11 is 1.04. The number of carbonyl (C=O) groups is 1. The molecule has 0 spiro atoms. The normalized spacial score (nSPS) is 11.7. The van der Waals surface area contributed by atoms with Crippen LogP contribution in [0.3, 0.4) is 0 Å². The predicted octanol–water partition coefficient (Wildman–Crippen LogP) is 3.26. The standard InChI is InChI=1S/C18H13N3O3S2/c22-17(19-15-6-3-7-16-18(15)21-25-20-16)11-26(23,24)14-9-8-12-4-1-2-5-13(12)10-14/h1-10H,11H2,(H,19,22). The van der Waals surface area contributed by atoms with E-state index in [0.717, 1.165) is 22.5 Å². The van der Waals surface area contributed by atoms with E-state index >= 15 is 0 Å². The van der Waals surface area contributed by atoms with E-state index < -0.39 is 21.5 Å². The molecule has 3 aromatic carbocycles. The molecule has 0 atom stereocenters. The summed E-state index contributed by atoms with van der Waals surface area (Å²) < 4.78 is 33.4. The summed E-state index contributed by atoms with van der Waals surface area (Å²) in [6.07, 6.45) is 0. The molecular weight excluding hydrogens is 370 g/mol. The molecule has 0 aliphatic carbocycles. The molecule has 0 saturated heterocycles. The molecule has 0 saturated carbocycles. The molecule has 1 aromatic heterocycles. The summed E-state index contributed by atoms with van der Waals surface area (Å²) in [5, 5.41) is 4.38. The highest BCUT2D eigenvalue weighted by Crippen LogP contribution is 2.22. The fraction of sp³-hybridized carbons (Fsp3) is 0.0556. The van der Waals surface area contributed by atoms with Gasteiger partial charge in [-0.1, -0.05) is 36.4 Å². The summed E-state index contributed by atoms with van der Waals surface area (Å²) in [7, 11) is -3.76. The van der Waals surface area contributed by atoms with Gasteiger partial charge < -0.3 is 5.32 Å². The molecule has 4 aromatic rings. The van der Waals surface area contributed by atoms with Crippen molar-refractivity contribution in [3.05, 3.63) is 60.7 Å². The van der Waals surface area contributed by atoms with Crippen molar-refractivity contribution in [2.75, 3.05) is 11.1 Å². The molecule has 26 heavy (non-hydrogen) atoms. The van der Waals surface area contributed by atoms with Crippen LogP contribution in [0.2, 0.25) is 0 Å². The lowest BCUT2D eigenvalue weighted by atomic mass is 10.1. The van der Waals surface area contributed by atoms with Crippen LogP contribution in [0, 0.1) is 0 Å². The van der Waals surface area contributed by atoms with E-state index in [2.05, 4.69) is 14.1 Å². The Morgan fingerprint density at radius 3 is 2.62 bits per heavy atom. The van der Waals surface area contributed by atoms with Crippen LogP contribution in [0.4, 0.5) is 5.69 Å². The van der Waals surface area contributed by atoms with Crippen LogP contribution in [-0.4, -0.2) is 28.8 Å². The maximum absolute atomic E-state index is 12.6. The highest BCUT2D eigenvalue weighted by Gasteiger charge is 2.20. The topological polar surface area (TPSA) is 89.0 Å². The van der Waals surface area contributed by atoms with Crippen molar-refractivity contribution in [3.8, 4) is 0 Å². The predicted molar refractivity (Wildman–Crippen MR) is 102 cm³/mol. The number of aromatic nitrogens is 2. The highest BCUT2D eigenvalue weighted by atomic mass is 32.2. The van der Waals surface area contributed by atoms with Gasteiger partial charge in [0.05, 0.1) is 22.3 Å². The second-order valence-electron chi connectivity index (χ2n) is 5.75. The maximum Gasteiger partial charge on any atom is 0.240 e. The van der Waals surface area contributed by atoms with Crippen molar-refractivity contribution in [3.63, 3.8) is 0 Å². The van der Waals surface area contributed by atoms with Crippen molar-refractivity contribution in [2.24, 2.45) is 0 Å². The Hall–Kier alpha value is -2.84. The molecule has 8 heteroatoms.